The number of aliphatic hydroxyl groups excluding tert-OH is 4. The Labute approximate surface area is 176 Å². The second-order valence-corrected chi connectivity index (χ2v) is 6.40. The van der Waals surface area contributed by atoms with Crippen LogP contribution < -0.4 is 5.32 Å². The van der Waals surface area contributed by atoms with Gasteiger partial charge in [0.15, 0.2) is 0 Å². The lowest BCUT2D eigenvalue weighted by molar-refractivity contribution is 0.0513. The molecule has 30 heavy (non-hydrogen) atoms. The van der Waals surface area contributed by atoms with Crippen molar-refractivity contribution in [3.63, 3.8) is 0 Å². The van der Waals surface area contributed by atoms with Gasteiger partial charge in [-0.25, -0.2) is 4.79 Å². The van der Waals surface area contributed by atoms with Gasteiger partial charge in [0.2, 0.25) is 0 Å². The smallest absolute Gasteiger partial charge is 0.355 e. The number of aliphatic hydroxyl groups is 4. The van der Waals surface area contributed by atoms with Crippen molar-refractivity contribution in [2.75, 3.05) is 13.7 Å². The molecule has 6 N–H and O–H groups in total. The lowest BCUT2D eigenvalue weighted by Gasteiger charge is -2.18. The minimum Gasteiger partial charge on any atom is -0.461 e. The third-order valence-electron chi connectivity index (χ3n) is 4.65. The maximum absolute atomic E-state index is 12.4. The average molecular weight is 421 g/mol. The number of carbonyl (C=O) groups is 1. The minimum absolute atomic E-state index is 0.151. The van der Waals surface area contributed by atoms with E-state index in [0.29, 0.717) is 45.6 Å². The molecule has 0 fully saturated rings. The lowest BCUT2D eigenvalue weighted by Crippen LogP contribution is -2.10. The van der Waals surface area contributed by atoms with Crippen LogP contribution in [0.3, 0.4) is 0 Å². The fourth-order valence-electron chi connectivity index (χ4n) is 3.47. The van der Waals surface area contributed by atoms with E-state index in [1.165, 1.54) is 0 Å². The van der Waals surface area contributed by atoms with E-state index < -0.39 is 12.1 Å². The Balaban J connectivity index is 0.00000218. The quantitative estimate of drug-likeness (QED) is 0.269. The molecule has 0 amide bonds. The summed E-state index contributed by atoms with van der Waals surface area (Å²) in [5.74, 6) is -0.582. The topological polar surface area (TPSA) is 135 Å². The van der Waals surface area contributed by atoms with Crippen molar-refractivity contribution in [3.8, 4) is 11.1 Å². The van der Waals surface area contributed by atoms with E-state index >= 15 is 0 Å². The highest BCUT2D eigenvalue weighted by atomic mass is 16.5. The van der Waals surface area contributed by atoms with E-state index in [1.807, 2.05) is 0 Å². The van der Waals surface area contributed by atoms with Crippen molar-refractivity contribution in [2.45, 2.75) is 46.3 Å². The van der Waals surface area contributed by atoms with Gasteiger partial charge in [0.1, 0.15) is 5.69 Å². The molecule has 0 aliphatic rings. The highest BCUT2D eigenvalue weighted by Gasteiger charge is 2.28. The first-order valence-electron chi connectivity index (χ1n) is 9.66. The van der Waals surface area contributed by atoms with Gasteiger partial charge in [0.25, 0.3) is 0 Å². The number of benzene rings is 1. The summed E-state index contributed by atoms with van der Waals surface area (Å²) in [5.41, 5.74) is 3.64. The molecule has 0 saturated heterocycles. The molecular weight excluding hydrogens is 388 g/mol. The molecule has 1 unspecified atom stereocenters. The van der Waals surface area contributed by atoms with Crippen LogP contribution in [0.2, 0.25) is 0 Å². The molecule has 0 saturated carbocycles. The second kappa shape index (κ2) is 12.3. The van der Waals surface area contributed by atoms with Crippen LogP contribution in [0.1, 0.15) is 58.4 Å². The Bertz CT molecular complexity index is 845. The molecule has 1 aromatic heterocycles. The Hall–Kier alpha value is -2.49. The van der Waals surface area contributed by atoms with Gasteiger partial charge in [0, 0.05) is 23.4 Å². The molecule has 1 heterocycles. The predicted octanol–water partition coefficient (Wildman–Crippen LogP) is 1.91. The van der Waals surface area contributed by atoms with E-state index in [1.54, 1.807) is 33.0 Å². The number of hydrogen-bond acceptors (Lipinski definition) is 7. The monoisotopic (exact) mass is 420 g/mol. The minimum atomic E-state index is -0.988. The van der Waals surface area contributed by atoms with Crippen molar-refractivity contribution in [2.24, 2.45) is 0 Å². The summed E-state index contributed by atoms with van der Waals surface area (Å²) < 4.78 is 5.11. The van der Waals surface area contributed by atoms with Crippen LogP contribution in [0, 0.1) is 0 Å². The largest absolute Gasteiger partial charge is 0.461 e. The highest BCUT2D eigenvalue weighted by Crippen LogP contribution is 2.38. The number of hydrogen-bond donors (Lipinski definition) is 6. The summed E-state index contributed by atoms with van der Waals surface area (Å²) in [5, 5.41) is 42.8. The number of nitrogens with one attached hydrogen (secondary N) is 2. The summed E-state index contributed by atoms with van der Waals surface area (Å²) in [4.78, 5) is 15.5. The molecule has 1 atom stereocenters. The van der Waals surface area contributed by atoms with E-state index in [-0.39, 0.29) is 32.1 Å². The van der Waals surface area contributed by atoms with E-state index in [4.69, 9.17) is 4.74 Å². The molecule has 2 aromatic rings. The van der Waals surface area contributed by atoms with Crippen LogP contribution in [0.5, 0.6) is 0 Å². The molecule has 1 aromatic carbocycles. The lowest BCUT2D eigenvalue weighted by atomic mass is 9.89. The molecular formula is C22H32N2O6. The molecule has 2 rings (SSSR count). The predicted molar refractivity (Wildman–Crippen MR) is 115 cm³/mol. The zero-order valence-corrected chi connectivity index (χ0v) is 17.8. The van der Waals surface area contributed by atoms with E-state index in [2.05, 4.69) is 23.5 Å². The second-order valence-electron chi connectivity index (χ2n) is 6.40. The zero-order chi connectivity index (χ0) is 22.8. The number of H-pyrrole nitrogens is 1. The van der Waals surface area contributed by atoms with Crippen molar-refractivity contribution in [1.82, 2.24) is 10.3 Å². The number of aromatic nitrogens is 1. The summed E-state index contributed by atoms with van der Waals surface area (Å²) in [6.07, 6.45) is -0.988. The number of ether oxygens (including phenoxy) is 1. The molecule has 0 bridgehead atoms. The Kier molecular flexibility index (Phi) is 10.4. The number of esters is 1. The van der Waals surface area contributed by atoms with Gasteiger partial charge < -0.3 is 35.5 Å². The summed E-state index contributed by atoms with van der Waals surface area (Å²) in [6, 6.07) is 3.37. The van der Waals surface area contributed by atoms with Crippen molar-refractivity contribution in [1.29, 1.82) is 0 Å². The molecule has 166 valence electrons. The fraction of sp³-hybridized carbons (Fsp3) is 0.409. The number of rotatable bonds is 9. The van der Waals surface area contributed by atoms with Crippen molar-refractivity contribution in [3.05, 3.63) is 58.9 Å². The molecule has 0 radical (unpaired) electrons. The number of aromatic amines is 1. The summed E-state index contributed by atoms with van der Waals surface area (Å²) in [6.45, 7) is 8.79. The molecule has 0 aliphatic carbocycles. The maximum Gasteiger partial charge on any atom is 0.355 e. The van der Waals surface area contributed by atoms with Gasteiger partial charge in [-0.3, -0.25) is 0 Å². The maximum atomic E-state index is 12.4. The van der Waals surface area contributed by atoms with Crippen molar-refractivity contribution < 1.29 is 30.0 Å². The van der Waals surface area contributed by atoms with Crippen molar-refractivity contribution >= 4 is 5.97 Å². The molecule has 8 heteroatoms. The summed E-state index contributed by atoms with van der Waals surface area (Å²) in [7, 11) is 1.75. The van der Waals surface area contributed by atoms with Crippen LogP contribution in [0.15, 0.2) is 25.3 Å². The average Bonchev–Trinajstić information content (AvgIpc) is 3.13. The third kappa shape index (κ3) is 5.16. The first-order valence-corrected chi connectivity index (χ1v) is 9.66. The Morgan fingerprint density at radius 3 is 2.27 bits per heavy atom. The normalized spacial score (nSPS) is 11.6. The first-order chi connectivity index (χ1) is 14.4. The Morgan fingerprint density at radius 2 is 1.80 bits per heavy atom. The fourth-order valence-corrected chi connectivity index (χ4v) is 3.47. The SMILES string of the molecule is C=C.CCOC(=O)c1[nH]c(CNC)c(-c2ccc(CO)c(CO)c2CO)c1C(C)O. The molecule has 8 nitrogen and oxygen atoms in total. The zero-order valence-electron chi connectivity index (χ0n) is 17.8. The summed E-state index contributed by atoms with van der Waals surface area (Å²) >= 11 is 0. The standard InChI is InChI=1S/C20H28N2O6.C2H4/c1-4-28-20(27)19-17(11(2)26)18(16(22-19)7-21-3)13-6-5-12(8-23)14(9-24)15(13)10-25;1-2/h5-6,11,21-26H,4,7-10H2,1-3H3;1-2H2. The van der Waals surface area contributed by atoms with Gasteiger partial charge in [-0.2, -0.15) is 0 Å². The van der Waals surface area contributed by atoms with E-state index in [0.717, 1.165) is 0 Å². The van der Waals surface area contributed by atoms with Crippen LogP contribution >= 0.6 is 0 Å². The van der Waals surface area contributed by atoms with Gasteiger partial charge in [-0.05, 0) is 43.1 Å². The van der Waals surface area contributed by atoms with Gasteiger partial charge >= 0.3 is 5.97 Å². The number of carbonyl (C=O) groups excluding carboxylic acids is 1. The van der Waals surface area contributed by atoms with Crippen LogP contribution in [0.25, 0.3) is 11.1 Å². The molecule has 0 spiro atoms. The van der Waals surface area contributed by atoms with Gasteiger partial charge in [-0.1, -0.05) is 12.1 Å². The Morgan fingerprint density at radius 1 is 1.17 bits per heavy atom. The highest BCUT2D eigenvalue weighted by molar-refractivity contribution is 5.93. The first kappa shape index (κ1) is 25.5. The van der Waals surface area contributed by atoms with E-state index in [9.17, 15) is 25.2 Å². The van der Waals surface area contributed by atoms with Gasteiger partial charge in [0.05, 0.1) is 32.5 Å². The third-order valence-corrected chi connectivity index (χ3v) is 4.65. The van der Waals surface area contributed by atoms with Gasteiger partial charge in [-0.15, -0.1) is 13.2 Å². The van der Waals surface area contributed by atoms with Crippen LogP contribution in [-0.2, 0) is 31.1 Å². The van der Waals surface area contributed by atoms with Crippen LogP contribution in [0.4, 0.5) is 0 Å². The molecule has 0 aliphatic heterocycles. The van der Waals surface area contributed by atoms with Crippen LogP contribution in [-0.4, -0.2) is 45.0 Å².